The quantitative estimate of drug-likeness (QED) is 0.738. The van der Waals surface area contributed by atoms with Gasteiger partial charge in [0.15, 0.2) is 9.84 Å². The second-order valence-electron chi connectivity index (χ2n) is 6.34. The van der Waals surface area contributed by atoms with E-state index in [-0.39, 0.29) is 35.6 Å². The van der Waals surface area contributed by atoms with Crippen molar-refractivity contribution in [2.45, 2.75) is 36.3 Å². The molecule has 140 valence electrons. The minimum absolute atomic E-state index is 0.0184. The SMILES string of the molecule is O=S1(=O)CC[C@@H](N(C[C@H]2CCCO2)S(=O)(=O)c2ccc(Cl)cc2F)C1. The first-order chi connectivity index (χ1) is 11.7. The third kappa shape index (κ3) is 4.16. The Labute approximate surface area is 151 Å². The van der Waals surface area contributed by atoms with Crippen LogP contribution in [0.25, 0.3) is 0 Å². The van der Waals surface area contributed by atoms with Gasteiger partial charge < -0.3 is 4.74 Å². The molecule has 0 bridgehead atoms. The molecule has 2 aliphatic rings. The zero-order chi connectivity index (χ0) is 18.2. The minimum Gasteiger partial charge on any atom is -0.377 e. The van der Waals surface area contributed by atoms with Crippen molar-refractivity contribution in [3.05, 3.63) is 29.0 Å². The summed E-state index contributed by atoms with van der Waals surface area (Å²) in [5.74, 6) is -1.28. The molecule has 0 spiro atoms. The maximum atomic E-state index is 14.2. The van der Waals surface area contributed by atoms with E-state index in [1.54, 1.807) is 0 Å². The molecule has 0 amide bonds. The van der Waals surface area contributed by atoms with Crippen LogP contribution in [0, 0.1) is 5.82 Å². The van der Waals surface area contributed by atoms with Crippen LogP contribution >= 0.6 is 11.6 Å². The summed E-state index contributed by atoms with van der Waals surface area (Å²) in [6.07, 6.45) is 1.39. The normalized spacial score (nSPS) is 26.4. The Morgan fingerprint density at radius 2 is 2.08 bits per heavy atom. The fourth-order valence-corrected chi connectivity index (χ4v) is 6.96. The van der Waals surface area contributed by atoms with Crippen LogP contribution in [0.3, 0.4) is 0 Å². The maximum absolute atomic E-state index is 14.2. The predicted molar refractivity (Wildman–Crippen MR) is 91.3 cm³/mol. The molecule has 2 atom stereocenters. The van der Waals surface area contributed by atoms with Gasteiger partial charge in [-0.3, -0.25) is 0 Å². The molecule has 2 heterocycles. The average Bonchev–Trinajstić information content (AvgIpc) is 3.13. The van der Waals surface area contributed by atoms with Crippen molar-refractivity contribution >= 4 is 31.5 Å². The molecule has 1 aromatic carbocycles. The van der Waals surface area contributed by atoms with Crippen molar-refractivity contribution in [2.24, 2.45) is 0 Å². The van der Waals surface area contributed by atoms with Gasteiger partial charge in [-0.25, -0.2) is 21.2 Å². The third-order valence-corrected chi connectivity index (χ3v) is 8.44. The van der Waals surface area contributed by atoms with Gasteiger partial charge in [-0.2, -0.15) is 4.31 Å². The number of halogens is 2. The molecule has 25 heavy (non-hydrogen) atoms. The third-order valence-electron chi connectivity index (χ3n) is 4.50. The zero-order valence-corrected chi connectivity index (χ0v) is 15.8. The van der Waals surface area contributed by atoms with E-state index in [0.29, 0.717) is 13.0 Å². The lowest BCUT2D eigenvalue weighted by Gasteiger charge is -2.29. The van der Waals surface area contributed by atoms with E-state index in [1.165, 1.54) is 6.07 Å². The molecule has 2 fully saturated rings. The van der Waals surface area contributed by atoms with Crippen LogP contribution in [0.15, 0.2) is 23.1 Å². The molecule has 0 aliphatic carbocycles. The molecule has 1 aromatic rings. The van der Waals surface area contributed by atoms with Crippen LogP contribution in [0.2, 0.25) is 5.02 Å². The summed E-state index contributed by atoms with van der Waals surface area (Å²) in [6, 6.07) is 2.63. The summed E-state index contributed by atoms with van der Waals surface area (Å²) in [6.45, 7) is 0.557. The molecule has 0 radical (unpaired) electrons. The van der Waals surface area contributed by atoms with E-state index >= 15 is 0 Å². The Morgan fingerprint density at radius 1 is 1.32 bits per heavy atom. The fourth-order valence-electron chi connectivity index (χ4n) is 3.25. The molecule has 10 heteroatoms. The van der Waals surface area contributed by atoms with Crippen LogP contribution in [-0.4, -0.2) is 57.9 Å². The van der Waals surface area contributed by atoms with Crippen molar-refractivity contribution < 1.29 is 26.0 Å². The Bertz CT molecular complexity index is 853. The number of rotatable bonds is 5. The first-order valence-corrected chi connectivity index (χ1v) is 11.6. The van der Waals surface area contributed by atoms with Crippen molar-refractivity contribution in [3.8, 4) is 0 Å². The van der Waals surface area contributed by atoms with Crippen LogP contribution < -0.4 is 0 Å². The van der Waals surface area contributed by atoms with Crippen LogP contribution in [0.1, 0.15) is 19.3 Å². The van der Waals surface area contributed by atoms with Crippen molar-refractivity contribution in [1.82, 2.24) is 4.31 Å². The number of ether oxygens (including phenoxy) is 1. The lowest BCUT2D eigenvalue weighted by atomic mass is 10.2. The summed E-state index contributed by atoms with van der Waals surface area (Å²) in [7, 11) is -7.51. The lowest BCUT2D eigenvalue weighted by Crippen LogP contribution is -2.45. The smallest absolute Gasteiger partial charge is 0.246 e. The zero-order valence-electron chi connectivity index (χ0n) is 13.4. The molecular weight excluding hydrogens is 393 g/mol. The van der Waals surface area contributed by atoms with Crippen molar-refractivity contribution in [3.63, 3.8) is 0 Å². The molecule has 6 nitrogen and oxygen atoms in total. The highest BCUT2D eigenvalue weighted by molar-refractivity contribution is 7.92. The van der Waals surface area contributed by atoms with Gasteiger partial charge >= 0.3 is 0 Å². The molecular formula is C15H19ClFNO5S2. The van der Waals surface area contributed by atoms with Gasteiger partial charge in [-0.15, -0.1) is 0 Å². The predicted octanol–water partition coefficient (Wildman–Crippen LogP) is 1.84. The standard InChI is InChI=1S/C15H19ClFNO5S2/c16-11-3-4-15(14(17)8-11)25(21,22)18(9-13-2-1-6-23-13)12-5-7-24(19,20)10-12/h3-4,8,12-13H,1-2,5-7,9-10H2/t12-,13-/m1/s1. The Morgan fingerprint density at radius 3 is 2.64 bits per heavy atom. The Balaban J connectivity index is 1.97. The Kier molecular flexibility index (Phi) is 5.41. The van der Waals surface area contributed by atoms with Gasteiger partial charge in [-0.05, 0) is 37.5 Å². The summed E-state index contributed by atoms with van der Waals surface area (Å²) in [5.41, 5.74) is 0. The summed E-state index contributed by atoms with van der Waals surface area (Å²) in [5, 5.41) is 0.0885. The van der Waals surface area contributed by atoms with E-state index in [9.17, 15) is 21.2 Å². The van der Waals surface area contributed by atoms with Gasteiger partial charge in [0, 0.05) is 24.2 Å². The Hall–Kier alpha value is -0.740. The largest absolute Gasteiger partial charge is 0.377 e. The molecule has 0 unspecified atom stereocenters. The summed E-state index contributed by atoms with van der Waals surface area (Å²) in [4.78, 5) is -0.501. The van der Waals surface area contributed by atoms with E-state index in [1.807, 2.05) is 0 Å². The number of nitrogens with zero attached hydrogens (tertiary/aromatic N) is 1. The van der Waals surface area contributed by atoms with Gasteiger partial charge in [-0.1, -0.05) is 11.6 Å². The van der Waals surface area contributed by atoms with E-state index in [2.05, 4.69) is 0 Å². The van der Waals surface area contributed by atoms with Crippen LogP contribution in [-0.2, 0) is 24.6 Å². The van der Waals surface area contributed by atoms with E-state index < -0.39 is 36.6 Å². The van der Waals surface area contributed by atoms with Crippen molar-refractivity contribution in [2.75, 3.05) is 24.7 Å². The number of sulfone groups is 1. The highest BCUT2D eigenvalue weighted by atomic mass is 35.5. The van der Waals surface area contributed by atoms with Crippen molar-refractivity contribution in [1.29, 1.82) is 0 Å². The number of hydrogen-bond donors (Lipinski definition) is 0. The van der Waals surface area contributed by atoms with E-state index in [0.717, 1.165) is 22.9 Å². The highest BCUT2D eigenvalue weighted by Gasteiger charge is 2.41. The first-order valence-electron chi connectivity index (χ1n) is 7.98. The van der Waals surface area contributed by atoms with E-state index in [4.69, 9.17) is 16.3 Å². The highest BCUT2D eigenvalue weighted by Crippen LogP contribution is 2.29. The van der Waals surface area contributed by atoms with Gasteiger partial charge in [0.1, 0.15) is 10.7 Å². The summed E-state index contributed by atoms with van der Waals surface area (Å²) < 4.78 is 70.5. The maximum Gasteiger partial charge on any atom is 0.246 e. The monoisotopic (exact) mass is 411 g/mol. The van der Waals surface area contributed by atoms with Gasteiger partial charge in [0.2, 0.25) is 10.0 Å². The van der Waals surface area contributed by atoms with Gasteiger partial charge in [0.25, 0.3) is 0 Å². The first kappa shape index (κ1) is 19.0. The molecule has 3 rings (SSSR count). The molecule has 0 aromatic heterocycles. The van der Waals surface area contributed by atoms with Gasteiger partial charge in [0.05, 0.1) is 17.6 Å². The summed E-state index contributed by atoms with van der Waals surface area (Å²) >= 11 is 5.70. The molecule has 0 N–H and O–H groups in total. The minimum atomic E-state index is -4.21. The molecule has 0 saturated carbocycles. The number of benzene rings is 1. The second kappa shape index (κ2) is 7.11. The number of sulfonamides is 1. The fraction of sp³-hybridized carbons (Fsp3) is 0.600. The van der Waals surface area contributed by atoms with Crippen LogP contribution in [0.4, 0.5) is 4.39 Å². The van der Waals surface area contributed by atoms with Crippen LogP contribution in [0.5, 0.6) is 0 Å². The second-order valence-corrected chi connectivity index (χ2v) is 10.9. The molecule has 2 saturated heterocycles. The topological polar surface area (TPSA) is 80.8 Å². The number of hydrogen-bond acceptors (Lipinski definition) is 5. The molecule has 2 aliphatic heterocycles. The average molecular weight is 412 g/mol. The lowest BCUT2D eigenvalue weighted by molar-refractivity contribution is 0.0876.